The molecule has 0 aliphatic heterocycles. The van der Waals surface area contributed by atoms with Crippen LogP contribution in [0.5, 0.6) is 0 Å². The number of sulfonamides is 1. The average molecular weight is 468 g/mol. The Balaban J connectivity index is 1.88. The maximum atomic E-state index is 12.9. The first-order chi connectivity index (χ1) is 14.0. The van der Waals surface area contributed by atoms with Crippen molar-refractivity contribution in [1.82, 2.24) is 14.1 Å². The Kier molecular flexibility index (Phi) is 6.37. The Morgan fingerprint density at radius 1 is 0.967 bits per heavy atom. The highest BCUT2D eigenvalue weighted by atomic mass is 35.5. The maximum Gasteiger partial charge on any atom is 0.242 e. The molecular weight excluding hydrogens is 446 g/mol. The molecule has 0 amide bonds. The van der Waals surface area contributed by atoms with Gasteiger partial charge < -0.3 is 0 Å². The first kappa shape index (κ1) is 22.5. The van der Waals surface area contributed by atoms with Crippen molar-refractivity contribution in [2.24, 2.45) is 0 Å². The summed E-state index contributed by atoms with van der Waals surface area (Å²) in [6.07, 6.45) is 0. The van der Waals surface area contributed by atoms with Gasteiger partial charge in [-0.05, 0) is 36.8 Å². The van der Waals surface area contributed by atoms with Gasteiger partial charge in [-0.2, -0.15) is 5.10 Å². The number of sulfone groups is 1. The molecule has 0 spiro atoms. The third-order valence-electron chi connectivity index (χ3n) is 4.55. The van der Waals surface area contributed by atoms with E-state index in [0.29, 0.717) is 16.8 Å². The van der Waals surface area contributed by atoms with Crippen molar-refractivity contribution in [3.8, 4) is 5.69 Å². The van der Waals surface area contributed by atoms with E-state index < -0.39 is 19.9 Å². The van der Waals surface area contributed by atoms with Crippen LogP contribution in [0.15, 0.2) is 59.5 Å². The highest BCUT2D eigenvalue weighted by Gasteiger charge is 2.23. The van der Waals surface area contributed by atoms with E-state index in [4.69, 9.17) is 11.6 Å². The molecular formula is C20H22ClN3O4S2. The lowest BCUT2D eigenvalue weighted by Gasteiger charge is -2.12. The summed E-state index contributed by atoms with van der Waals surface area (Å²) >= 11 is 6.44. The van der Waals surface area contributed by atoms with Crippen molar-refractivity contribution < 1.29 is 16.8 Å². The normalized spacial score (nSPS) is 12.4. The van der Waals surface area contributed by atoms with Crippen LogP contribution in [0.2, 0.25) is 5.15 Å². The van der Waals surface area contributed by atoms with Crippen LogP contribution < -0.4 is 0 Å². The van der Waals surface area contributed by atoms with Crippen molar-refractivity contribution in [1.29, 1.82) is 0 Å². The number of nitrogens with zero attached hydrogens (tertiary/aromatic N) is 3. The van der Waals surface area contributed by atoms with Gasteiger partial charge in [0.15, 0.2) is 9.84 Å². The minimum absolute atomic E-state index is 0.0475. The lowest BCUT2D eigenvalue weighted by molar-refractivity contribution is 0.520. The summed E-state index contributed by atoms with van der Waals surface area (Å²) in [7, 11) is -4.43. The predicted molar refractivity (Wildman–Crippen MR) is 117 cm³/mol. The fourth-order valence-electron chi connectivity index (χ4n) is 2.97. The third kappa shape index (κ3) is 4.75. The van der Waals surface area contributed by atoms with E-state index in [1.165, 1.54) is 37.0 Å². The molecule has 1 aromatic heterocycles. The number of hydrogen-bond donors (Lipinski definition) is 0. The van der Waals surface area contributed by atoms with Gasteiger partial charge in [-0.25, -0.2) is 25.8 Å². The molecule has 0 fully saturated rings. The zero-order valence-electron chi connectivity index (χ0n) is 16.8. The third-order valence-corrected chi connectivity index (χ3v) is 8.25. The smallest absolute Gasteiger partial charge is 0.228 e. The zero-order valence-corrected chi connectivity index (χ0v) is 19.2. The molecule has 0 atom stereocenters. The molecule has 0 bridgehead atoms. The van der Waals surface area contributed by atoms with Crippen LogP contribution in [0.3, 0.4) is 0 Å². The second-order valence-corrected chi connectivity index (χ2v) is 11.6. The van der Waals surface area contributed by atoms with Crippen molar-refractivity contribution in [2.75, 3.05) is 14.1 Å². The highest BCUT2D eigenvalue weighted by molar-refractivity contribution is 7.90. The monoisotopic (exact) mass is 467 g/mol. The van der Waals surface area contributed by atoms with Gasteiger partial charge in [-0.15, -0.1) is 0 Å². The van der Waals surface area contributed by atoms with E-state index in [-0.39, 0.29) is 21.6 Å². The largest absolute Gasteiger partial charge is 0.242 e. The van der Waals surface area contributed by atoms with E-state index in [2.05, 4.69) is 5.10 Å². The Morgan fingerprint density at radius 3 is 2.27 bits per heavy atom. The van der Waals surface area contributed by atoms with E-state index in [0.717, 1.165) is 9.99 Å². The quantitative estimate of drug-likeness (QED) is 0.532. The van der Waals surface area contributed by atoms with Crippen LogP contribution in [-0.2, 0) is 31.4 Å². The number of benzene rings is 2. The topological polar surface area (TPSA) is 89.3 Å². The number of para-hydroxylation sites is 1. The molecule has 0 saturated carbocycles. The number of halogens is 1. The van der Waals surface area contributed by atoms with Crippen molar-refractivity contribution in [3.63, 3.8) is 0 Å². The molecule has 3 aromatic rings. The predicted octanol–water partition coefficient (Wildman–Crippen LogP) is 3.20. The van der Waals surface area contributed by atoms with Crippen LogP contribution in [0.4, 0.5) is 0 Å². The van der Waals surface area contributed by atoms with Crippen molar-refractivity contribution in [2.45, 2.75) is 23.3 Å². The molecule has 0 unspecified atom stereocenters. The fourth-order valence-corrected chi connectivity index (χ4v) is 5.93. The summed E-state index contributed by atoms with van der Waals surface area (Å²) in [5.74, 6) is -0.606. The molecule has 0 radical (unpaired) electrons. The minimum Gasteiger partial charge on any atom is -0.228 e. The van der Waals surface area contributed by atoms with Gasteiger partial charge in [0.2, 0.25) is 10.0 Å². The lowest BCUT2D eigenvalue weighted by atomic mass is 10.2. The minimum atomic E-state index is -3.65. The van der Waals surface area contributed by atoms with Gasteiger partial charge >= 0.3 is 0 Å². The van der Waals surface area contributed by atoms with Gasteiger partial charge in [0.25, 0.3) is 0 Å². The lowest BCUT2D eigenvalue weighted by Crippen LogP contribution is -2.22. The fraction of sp³-hybridized carbons (Fsp3) is 0.250. The summed E-state index contributed by atoms with van der Waals surface area (Å²) in [6, 6.07) is 15.2. The molecule has 0 aliphatic carbocycles. The number of hydrogen-bond acceptors (Lipinski definition) is 5. The molecule has 7 nitrogen and oxygen atoms in total. The number of aryl methyl sites for hydroxylation is 1. The van der Waals surface area contributed by atoms with Crippen LogP contribution in [0.1, 0.15) is 16.8 Å². The zero-order chi connectivity index (χ0) is 22.1. The van der Waals surface area contributed by atoms with Crippen LogP contribution in [0, 0.1) is 6.92 Å². The second kappa shape index (κ2) is 8.50. The van der Waals surface area contributed by atoms with E-state index >= 15 is 0 Å². The Morgan fingerprint density at radius 2 is 1.63 bits per heavy atom. The van der Waals surface area contributed by atoms with Gasteiger partial charge in [-0.3, -0.25) is 0 Å². The first-order valence-electron chi connectivity index (χ1n) is 9.02. The summed E-state index contributed by atoms with van der Waals surface area (Å²) in [6.45, 7) is 1.71. The van der Waals surface area contributed by atoms with E-state index in [9.17, 15) is 16.8 Å². The maximum absolute atomic E-state index is 12.9. The van der Waals surface area contributed by atoms with Gasteiger partial charge in [0.05, 0.1) is 27.8 Å². The van der Waals surface area contributed by atoms with E-state index in [1.54, 1.807) is 13.0 Å². The van der Waals surface area contributed by atoms with Crippen LogP contribution in [0.25, 0.3) is 5.69 Å². The van der Waals surface area contributed by atoms with E-state index in [1.807, 2.05) is 30.3 Å². The molecule has 0 saturated heterocycles. The van der Waals surface area contributed by atoms with Crippen molar-refractivity contribution >= 4 is 31.5 Å². The van der Waals surface area contributed by atoms with Gasteiger partial charge in [0.1, 0.15) is 5.15 Å². The molecule has 10 heteroatoms. The number of rotatable bonds is 7. The standard InChI is InChI=1S/C20H22ClN3O4S2/c1-15-19(20(21)24(22-15)17-9-5-4-6-10-17)14-29(25,26)13-16-8-7-11-18(12-16)30(27,28)23(2)3/h4-12H,13-14H2,1-3H3. The van der Waals surface area contributed by atoms with Crippen LogP contribution >= 0.6 is 11.6 Å². The molecule has 0 N–H and O–H groups in total. The Bertz CT molecular complexity index is 1270. The SMILES string of the molecule is Cc1nn(-c2ccccc2)c(Cl)c1CS(=O)(=O)Cc1cccc(S(=O)(=O)N(C)C)c1. The average Bonchev–Trinajstić information content (AvgIpc) is 2.96. The van der Waals surface area contributed by atoms with Crippen LogP contribution in [-0.4, -0.2) is 45.0 Å². The first-order valence-corrected chi connectivity index (χ1v) is 12.7. The van der Waals surface area contributed by atoms with Gasteiger partial charge in [0, 0.05) is 19.7 Å². The summed E-state index contributed by atoms with van der Waals surface area (Å²) < 4.78 is 52.9. The molecule has 160 valence electrons. The second-order valence-electron chi connectivity index (χ2n) is 7.07. The molecule has 2 aromatic carbocycles. The van der Waals surface area contributed by atoms with Gasteiger partial charge in [-0.1, -0.05) is 41.9 Å². The molecule has 30 heavy (non-hydrogen) atoms. The van der Waals surface area contributed by atoms with Crippen molar-refractivity contribution in [3.05, 3.63) is 76.6 Å². The summed E-state index contributed by atoms with van der Waals surface area (Å²) in [4.78, 5) is 0.0475. The summed E-state index contributed by atoms with van der Waals surface area (Å²) in [5, 5.41) is 4.61. The Labute approximate surface area is 181 Å². The summed E-state index contributed by atoms with van der Waals surface area (Å²) in [5.41, 5.74) is 2.08. The Hall–Kier alpha value is -2.20. The highest BCUT2D eigenvalue weighted by Crippen LogP contribution is 2.26. The molecule has 0 aliphatic rings. The molecule has 3 rings (SSSR count). The number of aromatic nitrogens is 2. The molecule has 1 heterocycles.